The van der Waals surface area contributed by atoms with Crippen LogP contribution >= 0.6 is 11.6 Å². The summed E-state index contributed by atoms with van der Waals surface area (Å²) in [4.78, 5) is 0. The molecule has 2 aromatic rings. The highest BCUT2D eigenvalue weighted by atomic mass is 35.5. The molecule has 0 aliphatic rings. The molecule has 0 amide bonds. The van der Waals surface area contributed by atoms with Crippen molar-refractivity contribution in [2.24, 2.45) is 0 Å². The van der Waals surface area contributed by atoms with Crippen LogP contribution in [0.4, 0.5) is 0 Å². The molecule has 1 N–H and O–H groups in total. The summed E-state index contributed by atoms with van der Waals surface area (Å²) in [6.07, 6.45) is 1.06. The second-order valence-electron chi connectivity index (χ2n) is 4.47. The lowest BCUT2D eigenvalue weighted by molar-refractivity contribution is 0.0878. The van der Waals surface area contributed by atoms with Gasteiger partial charge in [-0.05, 0) is 29.8 Å². The molecule has 1 heterocycles. The molecular formula is C14H16ClNO4S. The smallest absolute Gasteiger partial charge is 0.215 e. The van der Waals surface area contributed by atoms with Gasteiger partial charge in [0, 0.05) is 18.7 Å². The largest absolute Gasteiger partial charge is 0.467 e. The van der Waals surface area contributed by atoms with E-state index in [0.717, 1.165) is 0 Å². The van der Waals surface area contributed by atoms with Crippen LogP contribution in [-0.4, -0.2) is 22.1 Å². The van der Waals surface area contributed by atoms with E-state index in [2.05, 4.69) is 4.72 Å². The molecule has 0 saturated heterocycles. The maximum atomic E-state index is 12.0. The summed E-state index contributed by atoms with van der Waals surface area (Å²) in [6, 6.07) is 10.1. The highest BCUT2D eigenvalue weighted by Crippen LogP contribution is 2.17. The van der Waals surface area contributed by atoms with Gasteiger partial charge < -0.3 is 9.15 Å². The van der Waals surface area contributed by atoms with E-state index in [1.54, 1.807) is 36.4 Å². The van der Waals surface area contributed by atoms with Gasteiger partial charge in [0.25, 0.3) is 0 Å². The number of furan rings is 1. The highest BCUT2D eigenvalue weighted by molar-refractivity contribution is 7.88. The minimum absolute atomic E-state index is 0.111. The summed E-state index contributed by atoms with van der Waals surface area (Å²) < 4.78 is 37.0. The Morgan fingerprint density at radius 3 is 2.57 bits per heavy atom. The quantitative estimate of drug-likeness (QED) is 0.848. The number of hydrogen-bond acceptors (Lipinski definition) is 4. The molecule has 0 saturated carbocycles. The Balaban J connectivity index is 1.96. The van der Waals surface area contributed by atoms with Crippen molar-refractivity contribution in [3.63, 3.8) is 0 Å². The predicted octanol–water partition coefficient (Wildman–Crippen LogP) is 2.74. The minimum atomic E-state index is -3.46. The molecule has 1 atom stereocenters. The van der Waals surface area contributed by atoms with Gasteiger partial charge in [-0.2, -0.15) is 0 Å². The van der Waals surface area contributed by atoms with Gasteiger partial charge in [0.05, 0.1) is 12.0 Å². The van der Waals surface area contributed by atoms with E-state index in [4.69, 9.17) is 20.8 Å². The van der Waals surface area contributed by atoms with Gasteiger partial charge in [0.1, 0.15) is 11.9 Å². The number of benzene rings is 1. The maximum absolute atomic E-state index is 12.0. The third-order valence-electron chi connectivity index (χ3n) is 2.90. The number of methoxy groups -OCH3 is 1. The molecule has 114 valence electrons. The summed E-state index contributed by atoms with van der Waals surface area (Å²) in [5.74, 6) is 0.463. The van der Waals surface area contributed by atoms with Gasteiger partial charge in [-0.25, -0.2) is 13.1 Å². The first-order chi connectivity index (χ1) is 10.00. The third-order valence-corrected chi connectivity index (χ3v) is 4.48. The van der Waals surface area contributed by atoms with Crippen molar-refractivity contribution in [3.8, 4) is 0 Å². The molecule has 1 unspecified atom stereocenters. The molecule has 0 spiro atoms. The van der Waals surface area contributed by atoms with Crippen molar-refractivity contribution in [3.05, 3.63) is 59.0 Å². The predicted molar refractivity (Wildman–Crippen MR) is 80.5 cm³/mol. The topological polar surface area (TPSA) is 68.5 Å². The second-order valence-corrected chi connectivity index (χ2v) is 6.72. The van der Waals surface area contributed by atoms with Crippen molar-refractivity contribution >= 4 is 21.6 Å². The van der Waals surface area contributed by atoms with E-state index in [1.807, 2.05) is 0 Å². The van der Waals surface area contributed by atoms with Gasteiger partial charge in [-0.1, -0.05) is 23.7 Å². The van der Waals surface area contributed by atoms with Crippen LogP contribution < -0.4 is 4.72 Å². The standard InChI is InChI=1S/C14H16ClNO4S/c1-19-14(13-3-2-8-20-13)9-16-21(17,18)10-11-4-6-12(15)7-5-11/h2-8,14,16H,9-10H2,1H3. The molecule has 0 radical (unpaired) electrons. The first-order valence-corrected chi connectivity index (χ1v) is 8.31. The van der Waals surface area contributed by atoms with Crippen LogP contribution in [-0.2, 0) is 20.5 Å². The van der Waals surface area contributed by atoms with Gasteiger partial charge in [-0.15, -0.1) is 0 Å². The van der Waals surface area contributed by atoms with Gasteiger partial charge >= 0.3 is 0 Å². The zero-order valence-electron chi connectivity index (χ0n) is 11.5. The molecular weight excluding hydrogens is 314 g/mol. The summed E-state index contributed by atoms with van der Waals surface area (Å²) in [7, 11) is -1.96. The molecule has 2 rings (SSSR count). The zero-order valence-corrected chi connectivity index (χ0v) is 13.0. The van der Waals surface area contributed by atoms with Crippen LogP contribution in [0.2, 0.25) is 5.02 Å². The Morgan fingerprint density at radius 1 is 1.29 bits per heavy atom. The number of ether oxygens (including phenoxy) is 1. The summed E-state index contributed by atoms with van der Waals surface area (Å²) in [6.45, 7) is 0.111. The van der Waals surface area contributed by atoms with Crippen molar-refractivity contribution in [2.75, 3.05) is 13.7 Å². The van der Waals surface area contributed by atoms with Gasteiger partial charge in [0.15, 0.2) is 0 Å². The van der Waals surface area contributed by atoms with E-state index < -0.39 is 16.1 Å². The molecule has 1 aromatic heterocycles. The van der Waals surface area contributed by atoms with Crippen LogP contribution in [0.3, 0.4) is 0 Å². The average molecular weight is 330 g/mol. The number of sulfonamides is 1. The van der Waals surface area contributed by atoms with Crippen LogP contribution in [0.5, 0.6) is 0 Å². The summed E-state index contributed by atoms with van der Waals surface area (Å²) >= 11 is 5.77. The van der Waals surface area contributed by atoms with Crippen molar-refractivity contribution in [1.29, 1.82) is 0 Å². The number of rotatable bonds is 7. The Morgan fingerprint density at radius 2 is 2.00 bits per heavy atom. The fraction of sp³-hybridized carbons (Fsp3) is 0.286. The number of halogens is 1. The Labute approximate surface area is 128 Å². The van der Waals surface area contributed by atoms with E-state index in [1.165, 1.54) is 13.4 Å². The summed E-state index contributed by atoms with van der Waals surface area (Å²) in [5.41, 5.74) is 0.666. The Bertz CT molecular complexity index is 653. The molecule has 0 fully saturated rings. The molecule has 1 aromatic carbocycles. The highest BCUT2D eigenvalue weighted by Gasteiger charge is 2.18. The molecule has 0 aliphatic heterocycles. The lowest BCUT2D eigenvalue weighted by Crippen LogP contribution is -2.30. The second kappa shape index (κ2) is 7.09. The van der Waals surface area contributed by atoms with Gasteiger partial charge in [-0.3, -0.25) is 0 Å². The molecule has 21 heavy (non-hydrogen) atoms. The van der Waals surface area contributed by atoms with E-state index >= 15 is 0 Å². The Kier molecular flexibility index (Phi) is 5.41. The first-order valence-electron chi connectivity index (χ1n) is 6.28. The fourth-order valence-electron chi connectivity index (χ4n) is 1.83. The molecule has 0 aliphatic carbocycles. The van der Waals surface area contributed by atoms with E-state index in [0.29, 0.717) is 16.3 Å². The van der Waals surface area contributed by atoms with Crippen molar-refractivity contribution < 1.29 is 17.6 Å². The normalized spacial score (nSPS) is 13.2. The first kappa shape index (κ1) is 16.0. The van der Waals surface area contributed by atoms with Crippen molar-refractivity contribution in [2.45, 2.75) is 11.9 Å². The van der Waals surface area contributed by atoms with Crippen LogP contribution in [0.25, 0.3) is 0 Å². The minimum Gasteiger partial charge on any atom is -0.467 e. The molecule has 7 heteroatoms. The van der Waals surface area contributed by atoms with E-state index in [-0.39, 0.29) is 12.3 Å². The molecule has 0 bridgehead atoms. The summed E-state index contributed by atoms with van der Waals surface area (Å²) in [5, 5.41) is 0.571. The molecule has 5 nitrogen and oxygen atoms in total. The van der Waals surface area contributed by atoms with Crippen molar-refractivity contribution in [1.82, 2.24) is 4.72 Å². The maximum Gasteiger partial charge on any atom is 0.215 e. The lowest BCUT2D eigenvalue weighted by atomic mass is 10.2. The van der Waals surface area contributed by atoms with Crippen LogP contribution in [0, 0.1) is 0 Å². The van der Waals surface area contributed by atoms with E-state index in [9.17, 15) is 8.42 Å². The van der Waals surface area contributed by atoms with Gasteiger partial charge in [0.2, 0.25) is 10.0 Å². The third kappa shape index (κ3) is 4.86. The SMILES string of the molecule is COC(CNS(=O)(=O)Cc1ccc(Cl)cc1)c1ccco1. The lowest BCUT2D eigenvalue weighted by Gasteiger charge is -2.14. The fourth-order valence-corrected chi connectivity index (χ4v) is 3.09. The number of nitrogens with one attached hydrogen (secondary N) is 1. The van der Waals surface area contributed by atoms with Crippen LogP contribution in [0.1, 0.15) is 17.4 Å². The van der Waals surface area contributed by atoms with Crippen LogP contribution in [0.15, 0.2) is 47.1 Å². The Hall–Kier alpha value is -1.34. The monoisotopic (exact) mass is 329 g/mol. The average Bonchev–Trinajstić information content (AvgIpc) is 2.96. The number of hydrogen-bond donors (Lipinski definition) is 1. The zero-order chi connectivity index (χ0) is 15.3.